The summed E-state index contributed by atoms with van der Waals surface area (Å²) in [7, 11) is 0. The summed E-state index contributed by atoms with van der Waals surface area (Å²) in [6, 6.07) is 14.8. The van der Waals surface area contributed by atoms with Crippen LogP contribution in [0, 0.1) is 11.6 Å². The molecule has 1 saturated carbocycles. The number of fused-ring (bicyclic) bond motifs is 3. The maximum atomic E-state index is 15.4. The van der Waals surface area contributed by atoms with Crippen LogP contribution in [0.5, 0.6) is 0 Å². The van der Waals surface area contributed by atoms with Gasteiger partial charge in [-0.1, -0.05) is 65.7 Å². The fourth-order valence-electron chi connectivity index (χ4n) is 5.53. The number of hydrogen-bond donors (Lipinski definition) is 1. The zero-order valence-corrected chi connectivity index (χ0v) is 22.1. The average Bonchev–Trinajstić information content (AvgIpc) is 3.36. The molecule has 1 aliphatic carbocycles. The zero-order valence-electron chi connectivity index (χ0n) is 19.8. The number of anilines is 1. The first-order valence-corrected chi connectivity index (χ1v) is 13.5. The lowest BCUT2D eigenvalue weighted by Crippen LogP contribution is -2.42. The number of hydrogen-bond acceptors (Lipinski definition) is 3. The highest BCUT2D eigenvalue weighted by molar-refractivity contribution is 7.99. The van der Waals surface area contributed by atoms with Crippen LogP contribution in [0.4, 0.5) is 14.5 Å². The molecule has 1 aromatic heterocycles. The minimum Gasteiger partial charge on any atom is -0.478 e. The quantitative estimate of drug-likeness (QED) is 0.268. The van der Waals surface area contributed by atoms with E-state index in [9.17, 15) is 19.1 Å². The molecule has 0 bridgehead atoms. The average molecular weight is 573 g/mol. The van der Waals surface area contributed by atoms with Gasteiger partial charge in [-0.15, -0.1) is 0 Å². The molecule has 1 spiro atoms. The molecule has 0 unspecified atom stereocenters. The van der Waals surface area contributed by atoms with Crippen LogP contribution in [0.25, 0.3) is 10.9 Å². The smallest absolute Gasteiger partial charge is 0.338 e. The van der Waals surface area contributed by atoms with Crippen molar-refractivity contribution in [2.24, 2.45) is 0 Å². The molecule has 38 heavy (non-hydrogen) atoms. The van der Waals surface area contributed by atoms with Crippen molar-refractivity contribution in [3.8, 4) is 0 Å². The summed E-state index contributed by atoms with van der Waals surface area (Å²) in [5.41, 5.74) is 1.50. The molecule has 6 rings (SSSR count). The molecule has 3 aromatic carbocycles. The molecule has 0 radical (unpaired) electrons. The van der Waals surface area contributed by atoms with E-state index < -0.39 is 23.2 Å². The molecule has 5 nitrogen and oxygen atoms in total. The van der Waals surface area contributed by atoms with Crippen molar-refractivity contribution in [1.29, 1.82) is 0 Å². The van der Waals surface area contributed by atoms with Gasteiger partial charge < -0.3 is 14.6 Å². The number of carboxylic acid groups (broad SMARTS) is 1. The van der Waals surface area contributed by atoms with Gasteiger partial charge in [0.15, 0.2) is 11.6 Å². The van der Waals surface area contributed by atoms with Crippen LogP contribution in [0.2, 0.25) is 10.2 Å². The van der Waals surface area contributed by atoms with Gasteiger partial charge in [0, 0.05) is 27.9 Å². The van der Waals surface area contributed by atoms with Crippen LogP contribution in [-0.4, -0.2) is 28.1 Å². The molecule has 1 fully saturated rings. The number of aromatic nitrogens is 1. The van der Waals surface area contributed by atoms with Crippen LogP contribution >= 0.6 is 35.0 Å². The molecule has 4 aromatic rings. The Balaban J connectivity index is 1.42. The fraction of sp³-hybridized carbons (Fsp3) is 0.214. The Morgan fingerprint density at radius 3 is 2.47 bits per heavy atom. The summed E-state index contributed by atoms with van der Waals surface area (Å²) in [6.07, 6.45) is 3.12. The third kappa shape index (κ3) is 3.81. The van der Waals surface area contributed by atoms with Crippen molar-refractivity contribution >= 4 is 63.4 Å². The molecular formula is C28H20Cl2F2N2O3S. The summed E-state index contributed by atoms with van der Waals surface area (Å²) in [6.45, 7) is 0.301. The number of nitrogens with zero attached hydrogens (tertiary/aromatic N) is 2. The van der Waals surface area contributed by atoms with E-state index in [1.165, 1.54) is 22.8 Å². The molecule has 2 aliphatic rings. The van der Waals surface area contributed by atoms with Gasteiger partial charge in [0.25, 0.3) is 0 Å². The van der Waals surface area contributed by atoms with Gasteiger partial charge in [-0.3, -0.25) is 4.79 Å². The Morgan fingerprint density at radius 1 is 1.00 bits per heavy atom. The van der Waals surface area contributed by atoms with Gasteiger partial charge in [0.05, 0.1) is 21.0 Å². The van der Waals surface area contributed by atoms with Crippen molar-refractivity contribution in [3.05, 3.63) is 87.5 Å². The first-order valence-electron chi connectivity index (χ1n) is 12.0. The van der Waals surface area contributed by atoms with E-state index in [1.54, 1.807) is 11.0 Å². The summed E-state index contributed by atoms with van der Waals surface area (Å²) in [4.78, 5) is 27.2. The Labute approximate surface area is 230 Å². The standard InChI is InChI=1S/C28H20Cl2F2N2O3S/c29-18-10-9-16-24(23(18)32)33(26(30)25(16)38-20-8-3-5-15(22(20)31)27(36)37)13-21(35)34-14-28(11-4-12-28)17-6-1-2-7-19(17)34/h1-3,5-10H,4,11-14H2,(H,36,37). The van der Waals surface area contributed by atoms with Crippen LogP contribution in [-0.2, 0) is 16.8 Å². The van der Waals surface area contributed by atoms with Crippen LogP contribution in [0.3, 0.4) is 0 Å². The fourth-order valence-corrected chi connectivity index (χ4v) is 7.08. The number of aromatic carboxylic acids is 1. The van der Waals surface area contributed by atoms with Gasteiger partial charge in [-0.25, -0.2) is 13.6 Å². The topological polar surface area (TPSA) is 62.5 Å². The van der Waals surface area contributed by atoms with Gasteiger partial charge in [-0.2, -0.15) is 0 Å². The number of amides is 1. The number of carboxylic acids is 1. The monoisotopic (exact) mass is 572 g/mol. The molecule has 10 heteroatoms. The Bertz CT molecular complexity index is 1650. The molecule has 0 atom stereocenters. The molecule has 1 N–H and O–H groups in total. The molecule has 1 amide bonds. The van der Waals surface area contributed by atoms with E-state index >= 15 is 4.39 Å². The largest absolute Gasteiger partial charge is 0.478 e. The first kappa shape index (κ1) is 25.2. The van der Waals surface area contributed by atoms with Crippen molar-refractivity contribution in [2.45, 2.75) is 41.0 Å². The van der Waals surface area contributed by atoms with Crippen molar-refractivity contribution < 1.29 is 23.5 Å². The lowest BCUT2D eigenvalue weighted by Gasteiger charge is -2.39. The first-order chi connectivity index (χ1) is 18.2. The Morgan fingerprint density at radius 2 is 1.76 bits per heavy atom. The molecule has 1 aliphatic heterocycles. The predicted octanol–water partition coefficient (Wildman–Crippen LogP) is 7.54. The van der Waals surface area contributed by atoms with E-state index in [0.29, 0.717) is 16.8 Å². The van der Waals surface area contributed by atoms with Crippen LogP contribution in [0.1, 0.15) is 35.2 Å². The van der Waals surface area contributed by atoms with Crippen LogP contribution in [0.15, 0.2) is 64.4 Å². The molecule has 194 valence electrons. The third-order valence-electron chi connectivity index (χ3n) is 7.55. The minimum absolute atomic E-state index is 0.00734. The lowest BCUT2D eigenvalue weighted by atomic mass is 9.66. The van der Waals surface area contributed by atoms with Crippen molar-refractivity contribution in [3.63, 3.8) is 0 Å². The highest BCUT2D eigenvalue weighted by Crippen LogP contribution is 2.52. The molecule has 0 saturated heterocycles. The number of halogens is 4. The number of benzene rings is 3. The number of rotatable bonds is 5. The highest BCUT2D eigenvalue weighted by Gasteiger charge is 2.48. The normalized spacial score (nSPS) is 15.6. The summed E-state index contributed by atoms with van der Waals surface area (Å²) < 4.78 is 31.7. The summed E-state index contributed by atoms with van der Waals surface area (Å²) in [5.74, 6) is -3.33. The van der Waals surface area contributed by atoms with E-state index in [0.717, 1.165) is 48.3 Å². The summed E-state index contributed by atoms with van der Waals surface area (Å²) in [5, 5.41) is 9.53. The predicted molar refractivity (Wildman–Crippen MR) is 144 cm³/mol. The third-order valence-corrected chi connectivity index (χ3v) is 9.50. The van der Waals surface area contributed by atoms with E-state index in [2.05, 4.69) is 6.07 Å². The molecule has 2 heterocycles. The number of para-hydroxylation sites is 1. The highest BCUT2D eigenvalue weighted by atomic mass is 35.5. The van der Waals surface area contributed by atoms with E-state index in [-0.39, 0.29) is 38.5 Å². The second kappa shape index (κ2) is 9.29. The Hall–Kier alpha value is -3.07. The van der Waals surface area contributed by atoms with Gasteiger partial charge in [0.2, 0.25) is 5.91 Å². The number of carbonyl (C=O) groups is 2. The Kier molecular flexibility index (Phi) is 6.17. The second-order valence-corrected chi connectivity index (χ2v) is 11.4. The van der Waals surface area contributed by atoms with Crippen LogP contribution < -0.4 is 4.90 Å². The van der Waals surface area contributed by atoms with Crippen molar-refractivity contribution in [1.82, 2.24) is 4.57 Å². The van der Waals surface area contributed by atoms with Gasteiger partial charge in [-0.05, 0) is 48.7 Å². The SMILES string of the molecule is O=C(O)c1cccc(Sc2c(Cl)n(CC(=O)N3CC4(CCC4)c4ccccc43)c3c(F)c(Cl)ccc23)c1F. The van der Waals surface area contributed by atoms with Gasteiger partial charge in [0.1, 0.15) is 11.7 Å². The van der Waals surface area contributed by atoms with E-state index in [1.807, 2.05) is 18.2 Å². The van der Waals surface area contributed by atoms with Crippen molar-refractivity contribution in [2.75, 3.05) is 11.4 Å². The maximum Gasteiger partial charge on any atom is 0.338 e. The zero-order chi connectivity index (χ0) is 26.8. The van der Waals surface area contributed by atoms with Gasteiger partial charge >= 0.3 is 5.97 Å². The molecular weight excluding hydrogens is 553 g/mol. The summed E-state index contributed by atoms with van der Waals surface area (Å²) >= 11 is 13.7. The second-order valence-electron chi connectivity index (χ2n) is 9.62. The number of carbonyl (C=O) groups excluding carboxylic acids is 1. The van der Waals surface area contributed by atoms with E-state index in [4.69, 9.17) is 23.2 Å². The minimum atomic E-state index is -1.41. The lowest BCUT2D eigenvalue weighted by molar-refractivity contribution is -0.119. The maximum absolute atomic E-state index is 15.4.